The van der Waals surface area contributed by atoms with E-state index in [0.29, 0.717) is 42.3 Å². The smallest absolute Gasteiger partial charge is 0.269 e. The maximum absolute atomic E-state index is 14.8. The first-order chi connectivity index (χ1) is 15.4. The van der Waals surface area contributed by atoms with E-state index in [-0.39, 0.29) is 17.1 Å². The summed E-state index contributed by atoms with van der Waals surface area (Å²) in [5.41, 5.74) is 8.80. The highest BCUT2D eigenvalue weighted by Crippen LogP contribution is 2.36. The van der Waals surface area contributed by atoms with Crippen LogP contribution in [0.15, 0.2) is 18.3 Å². The molecule has 0 bridgehead atoms. The lowest BCUT2D eigenvalue weighted by Crippen LogP contribution is -2.30. The minimum Gasteiger partial charge on any atom is -0.364 e. The number of benzene rings is 1. The van der Waals surface area contributed by atoms with Gasteiger partial charge in [-0.1, -0.05) is 6.07 Å². The average Bonchev–Trinajstić information content (AvgIpc) is 3.16. The predicted molar refractivity (Wildman–Crippen MR) is 115 cm³/mol. The number of aromatic nitrogens is 4. The SMILES string of the molecule is Cc1ccc(F)c(-c2ncc3c(n2)-c2c(c(C(N)=O)nn2CC2CCNCC2)CC3)c1F. The maximum atomic E-state index is 14.8. The van der Waals surface area contributed by atoms with Gasteiger partial charge in [-0.3, -0.25) is 9.48 Å². The summed E-state index contributed by atoms with van der Waals surface area (Å²) in [6.45, 7) is 4.07. The summed E-state index contributed by atoms with van der Waals surface area (Å²) in [6, 6.07) is 2.60. The van der Waals surface area contributed by atoms with Crippen molar-refractivity contribution in [2.45, 2.75) is 39.2 Å². The Hall–Kier alpha value is -3.20. The first kappa shape index (κ1) is 20.7. The van der Waals surface area contributed by atoms with Crippen molar-refractivity contribution in [2.75, 3.05) is 13.1 Å². The Morgan fingerprint density at radius 3 is 2.78 bits per heavy atom. The summed E-state index contributed by atoms with van der Waals surface area (Å²) in [6.07, 6.45) is 4.81. The van der Waals surface area contributed by atoms with E-state index in [0.717, 1.165) is 37.1 Å². The molecule has 5 rings (SSSR count). The van der Waals surface area contributed by atoms with Gasteiger partial charge in [0.1, 0.15) is 11.6 Å². The third-order valence-electron chi connectivity index (χ3n) is 6.41. The van der Waals surface area contributed by atoms with E-state index in [1.807, 2.05) is 4.68 Å². The molecule has 2 aliphatic rings. The van der Waals surface area contributed by atoms with Gasteiger partial charge in [-0.15, -0.1) is 0 Å². The van der Waals surface area contributed by atoms with Crippen molar-refractivity contribution in [3.8, 4) is 22.8 Å². The Bertz CT molecular complexity index is 1220. The van der Waals surface area contributed by atoms with Crippen LogP contribution in [0.25, 0.3) is 22.8 Å². The number of carbonyl (C=O) groups excluding carboxylic acids is 1. The number of aryl methyl sites for hydroxylation is 2. The molecule has 9 heteroatoms. The molecule has 3 aromatic rings. The molecule has 0 atom stereocenters. The molecule has 2 aromatic heterocycles. The Labute approximate surface area is 184 Å². The van der Waals surface area contributed by atoms with Gasteiger partial charge in [0.2, 0.25) is 0 Å². The molecule has 1 saturated heterocycles. The number of rotatable bonds is 4. The van der Waals surface area contributed by atoms with Gasteiger partial charge in [0, 0.05) is 18.3 Å². The predicted octanol–water partition coefficient (Wildman–Crippen LogP) is 2.79. The molecular weight excluding hydrogens is 414 g/mol. The maximum Gasteiger partial charge on any atom is 0.269 e. The van der Waals surface area contributed by atoms with Crippen LogP contribution in [0.1, 0.15) is 40.0 Å². The first-order valence-corrected chi connectivity index (χ1v) is 10.9. The molecular formula is C23H24F2N6O. The fourth-order valence-electron chi connectivity index (χ4n) is 4.68. The molecule has 0 unspecified atom stereocenters. The van der Waals surface area contributed by atoms with E-state index in [2.05, 4.69) is 20.4 Å². The second-order valence-corrected chi connectivity index (χ2v) is 8.54. The molecule has 1 aliphatic heterocycles. The van der Waals surface area contributed by atoms with E-state index in [1.165, 1.54) is 12.1 Å². The number of fused-ring (bicyclic) bond motifs is 3. The van der Waals surface area contributed by atoms with Crippen LogP contribution in [-0.4, -0.2) is 38.7 Å². The van der Waals surface area contributed by atoms with E-state index >= 15 is 0 Å². The van der Waals surface area contributed by atoms with E-state index in [4.69, 9.17) is 5.73 Å². The fraction of sp³-hybridized carbons (Fsp3) is 0.391. The summed E-state index contributed by atoms with van der Waals surface area (Å²) < 4.78 is 31.1. The Balaban J connectivity index is 1.66. The fourth-order valence-corrected chi connectivity index (χ4v) is 4.68. The molecule has 7 nitrogen and oxygen atoms in total. The van der Waals surface area contributed by atoms with Crippen molar-refractivity contribution in [1.29, 1.82) is 0 Å². The van der Waals surface area contributed by atoms with Crippen LogP contribution in [0, 0.1) is 24.5 Å². The van der Waals surface area contributed by atoms with Crippen molar-refractivity contribution >= 4 is 5.91 Å². The van der Waals surface area contributed by atoms with E-state index in [9.17, 15) is 13.6 Å². The Morgan fingerprint density at radius 2 is 2.03 bits per heavy atom. The highest BCUT2D eigenvalue weighted by molar-refractivity contribution is 5.94. The number of hydrogen-bond acceptors (Lipinski definition) is 5. The first-order valence-electron chi connectivity index (χ1n) is 10.9. The second-order valence-electron chi connectivity index (χ2n) is 8.54. The number of nitrogens with two attached hydrogens (primary N) is 1. The molecule has 1 fully saturated rings. The summed E-state index contributed by atoms with van der Waals surface area (Å²) in [4.78, 5) is 21.0. The van der Waals surface area contributed by atoms with Crippen molar-refractivity contribution in [2.24, 2.45) is 11.7 Å². The zero-order chi connectivity index (χ0) is 22.4. The van der Waals surface area contributed by atoms with Crippen molar-refractivity contribution < 1.29 is 13.6 Å². The summed E-state index contributed by atoms with van der Waals surface area (Å²) in [5, 5.41) is 7.90. The second kappa shape index (κ2) is 8.05. The molecule has 0 radical (unpaired) electrons. The van der Waals surface area contributed by atoms with Gasteiger partial charge < -0.3 is 11.1 Å². The van der Waals surface area contributed by atoms with Crippen LogP contribution < -0.4 is 11.1 Å². The van der Waals surface area contributed by atoms with E-state index in [1.54, 1.807) is 13.1 Å². The average molecular weight is 438 g/mol. The zero-order valence-electron chi connectivity index (χ0n) is 17.8. The molecule has 3 heterocycles. The Kier molecular flexibility index (Phi) is 5.21. The van der Waals surface area contributed by atoms with Crippen molar-refractivity contribution in [1.82, 2.24) is 25.1 Å². The molecule has 1 aliphatic carbocycles. The van der Waals surface area contributed by atoms with Gasteiger partial charge in [0.05, 0.1) is 17.0 Å². The lowest BCUT2D eigenvalue weighted by Gasteiger charge is -2.24. The quantitative estimate of drug-likeness (QED) is 0.653. The highest BCUT2D eigenvalue weighted by atomic mass is 19.1. The van der Waals surface area contributed by atoms with Gasteiger partial charge in [-0.2, -0.15) is 5.10 Å². The summed E-state index contributed by atoms with van der Waals surface area (Å²) in [7, 11) is 0. The minimum absolute atomic E-state index is 0.0226. The molecule has 32 heavy (non-hydrogen) atoms. The number of carbonyl (C=O) groups is 1. The van der Waals surface area contributed by atoms with Gasteiger partial charge in [-0.05, 0) is 68.8 Å². The van der Waals surface area contributed by atoms with Crippen LogP contribution in [-0.2, 0) is 19.4 Å². The van der Waals surface area contributed by atoms with Gasteiger partial charge in [0.25, 0.3) is 5.91 Å². The van der Waals surface area contributed by atoms with Crippen molar-refractivity contribution in [3.63, 3.8) is 0 Å². The zero-order valence-corrected chi connectivity index (χ0v) is 17.8. The molecule has 0 saturated carbocycles. The third kappa shape index (κ3) is 3.46. The minimum atomic E-state index is -0.717. The molecule has 0 spiro atoms. The van der Waals surface area contributed by atoms with Gasteiger partial charge in [0.15, 0.2) is 11.5 Å². The monoisotopic (exact) mass is 438 g/mol. The topological polar surface area (TPSA) is 98.7 Å². The molecule has 3 N–H and O–H groups in total. The molecule has 166 valence electrons. The third-order valence-corrected chi connectivity index (χ3v) is 6.41. The van der Waals surface area contributed by atoms with Crippen LogP contribution in [0.5, 0.6) is 0 Å². The molecule has 1 aromatic carbocycles. The number of nitrogens with one attached hydrogen (secondary N) is 1. The summed E-state index contributed by atoms with van der Waals surface area (Å²) >= 11 is 0. The van der Waals surface area contributed by atoms with Gasteiger partial charge in [-0.25, -0.2) is 18.7 Å². The van der Waals surface area contributed by atoms with E-state index < -0.39 is 17.5 Å². The number of hydrogen-bond donors (Lipinski definition) is 2. The number of nitrogens with zero attached hydrogens (tertiary/aromatic N) is 4. The Morgan fingerprint density at radius 1 is 1.25 bits per heavy atom. The van der Waals surface area contributed by atoms with Crippen molar-refractivity contribution in [3.05, 3.63) is 52.3 Å². The van der Waals surface area contributed by atoms with Gasteiger partial charge >= 0.3 is 0 Å². The van der Waals surface area contributed by atoms with Crippen LogP contribution in [0.3, 0.4) is 0 Å². The number of primary amides is 1. The largest absolute Gasteiger partial charge is 0.364 e. The lowest BCUT2D eigenvalue weighted by atomic mass is 9.92. The number of amides is 1. The highest BCUT2D eigenvalue weighted by Gasteiger charge is 2.31. The lowest BCUT2D eigenvalue weighted by molar-refractivity contribution is 0.0993. The standard InChI is InChI=1S/C23H24F2N6O/c1-12-2-5-16(24)17(18(12)25)23-28-10-14-3-4-15-20(22(26)32)30-31(21(15)19(14)29-23)11-13-6-8-27-9-7-13/h2,5,10,13,27H,3-4,6-9,11H2,1H3,(H2,26,32). The molecule has 1 amide bonds. The van der Waals surface area contributed by atoms with Crippen LogP contribution in [0.2, 0.25) is 0 Å². The van der Waals surface area contributed by atoms with Crippen LogP contribution >= 0.6 is 0 Å². The summed E-state index contributed by atoms with van der Waals surface area (Å²) in [5.74, 6) is -1.60. The normalized spacial score (nSPS) is 16.0. The number of piperidine rings is 1. The number of halogens is 2. The van der Waals surface area contributed by atoms with Crippen LogP contribution in [0.4, 0.5) is 8.78 Å².